The molecule has 0 aliphatic heterocycles. The first-order valence-corrected chi connectivity index (χ1v) is 7.05. The highest BCUT2D eigenvalue weighted by Crippen LogP contribution is 2.18. The van der Waals surface area contributed by atoms with Gasteiger partial charge >= 0.3 is 0 Å². The molecule has 0 heterocycles. The molecule has 0 aromatic heterocycles. The molecule has 2 aromatic rings. The number of anilines is 1. The number of hydrogen-bond acceptors (Lipinski definition) is 3. The molecule has 2 rings (SSSR count). The van der Waals surface area contributed by atoms with E-state index in [0.29, 0.717) is 35.8 Å². The third-order valence-corrected chi connectivity index (χ3v) is 3.17. The van der Waals surface area contributed by atoms with Gasteiger partial charge in [-0.05, 0) is 36.8 Å². The van der Waals surface area contributed by atoms with Crippen molar-refractivity contribution in [2.45, 2.75) is 6.42 Å². The summed E-state index contributed by atoms with van der Waals surface area (Å²) in [5.74, 6) is 0.616. The van der Waals surface area contributed by atoms with Crippen LogP contribution in [0.25, 0.3) is 0 Å². The van der Waals surface area contributed by atoms with Gasteiger partial charge in [-0.15, -0.1) is 0 Å². The van der Waals surface area contributed by atoms with Gasteiger partial charge in [-0.3, -0.25) is 4.79 Å². The number of rotatable bonds is 6. The summed E-state index contributed by atoms with van der Waals surface area (Å²) in [6, 6.07) is 14.4. The van der Waals surface area contributed by atoms with Crippen molar-refractivity contribution < 1.29 is 9.53 Å². The fourth-order valence-electron chi connectivity index (χ4n) is 1.79. The highest BCUT2D eigenvalue weighted by Gasteiger charge is 2.09. The highest BCUT2D eigenvalue weighted by atomic mass is 35.5. The maximum Gasteiger partial charge on any atom is 0.252 e. The van der Waals surface area contributed by atoms with Crippen LogP contribution >= 0.6 is 11.6 Å². The Hall–Kier alpha value is -2.20. The first-order chi connectivity index (χ1) is 10.2. The minimum absolute atomic E-state index is 0.209. The summed E-state index contributed by atoms with van der Waals surface area (Å²) in [6.45, 7) is 1.06. The number of nitrogens with one attached hydrogen (secondary N) is 1. The Bertz CT molecular complexity index is 602. The van der Waals surface area contributed by atoms with E-state index < -0.39 is 0 Å². The van der Waals surface area contributed by atoms with E-state index in [2.05, 4.69) is 5.32 Å². The number of nitrogen functional groups attached to an aromatic ring is 1. The largest absolute Gasteiger partial charge is 0.494 e. The predicted molar refractivity (Wildman–Crippen MR) is 84.8 cm³/mol. The smallest absolute Gasteiger partial charge is 0.252 e. The molecule has 110 valence electrons. The zero-order chi connectivity index (χ0) is 15.1. The van der Waals surface area contributed by atoms with E-state index >= 15 is 0 Å². The first-order valence-electron chi connectivity index (χ1n) is 6.68. The van der Waals surface area contributed by atoms with E-state index in [0.717, 1.165) is 5.75 Å². The topological polar surface area (TPSA) is 64.4 Å². The normalized spacial score (nSPS) is 10.1. The van der Waals surface area contributed by atoms with Crippen molar-refractivity contribution in [3.8, 4) is 5.75 Å². The van der Waals surface area contributed by atoms with Gasteiger partial charge in [0.05, 0.1) is 17.2 Å². The Morgan fingerprint density at radius 3 is 2.67 bits per heavy atom. The van der Waals surface area contributed by atoms with Crippen molar-refractivity contribution >= 4 is 23.2 Å². The zero-order valence-corrected chi connectivity index (χ0v) is 12.3. The molecule has 2 aromatic carbocycles. The molecule has 0 unspecified atom stereocenters. The van der Waals surface area contributed by atoms with Crippen LogP contribution in [0.1, 0.15) is 16.8 Å². The monoisotopic (exact) mass is 304 g/mol. The van der Waals surface area contributed by atoms with Crippen molar-refractivity contribution in [1.29, 1.82) is 0 Å². The molecule has 0 aliphatic rings. The van der Waals surface area contributed by atoms with Crippen molar-refractivity contribution in [2.75, 3.05) is 18.9 Å². The van der Waals surface area contributed by atoms with Gasteiger partial charge in [-0.25, -0.2) is 0 Å². The Labute approximate surface area is 128 Å². The van der Waals surface area contributed by atoms with Crippen LogP contribution in [0.5, 0.6) is 5.75 Å². The average Bonchev–Trinajstić information content (AvgIpc) is 2.47. The van der Waals surface area contributed by atoms with E-state index in [9.17, 15) is 4.79 Å². The summed E-state index contributed by atoms with van der Waals surface area (Å²) < 4.78 is 5.54. The van der Waals surface area contributed by atoms with Gasteiger partial charge in [0, 0.05) is 12.2 Å². The van der Waals surface area contributed by atoms with Gasteiger partial charge in [0.15, 0.2) is 0 Å². The fraction of sp³-hybridized carbons (Fsp3) is 0.188. The van der Waals surface area contributed by atoms with Crippen LogP contribution in [0.4, 0.5) is 5.69 Å². The van der Waals surface area contributed by atoms with Gasteiger partial charge in [0.25, 0.3) is 5.91 Å². The quantitative estimate of drug-likeness (QED) is 0.636. The van der Waals surface area contributed by atoms with E-state index in [-0.39, 0.29) is 5.91 Å². The minimum Gasteiger partial charge on any atom is -0.494 e. The summed E-state index contributed by atoms with van der Waals surface area (Å²) in [4.78, 5) is 11.9. The molecule has 0 atom stereocenters. The van der Waals surface area contributed by atoms with Crippen LogP contribution in [0, 0.1) is 0 Å². The second-order valence-electron chi connectivity index (χ2n) is 4.51. The van der Waals surface area contributed by atoms with Crippen LogP contribution < -0.4 is 15.8 Å². The Kier molecular flexibility index (Phi) is 5.46. The predicted octanol–water partition coefficient (Wildman–Crippen LogP) is 3.12. The highest BCUT2D eigenvalue weighted by molar-refractivity contribution is 6.34. The van der Waals surface area contributed by atoms with Crippen LogP contribution in [0.15, 0.2) is 48.5 Å². The Morgan fingerprint density at radius 1 is 1.19 bits per heavy atom. The van der Waals surface area contributed by atoms with Crippen molar-refractivity contribution in [3.05, 3.63) is 59.1 Å². The molecule has 0 radical (unpaired) electrons. The molecule has 4 nitrogen and oxygen atoms in total. The first kappa shape index (κ1) is 15.2. The lowest BCUT2D eigenvalue weighted by molar-refractivity contribution is 0.0952. The fourth-order valence-corrected chi connectivity index (χ4v) is 2.07. The van der Waals surface area contributed by atoms with Gasteiger partial charge < -0.3 is 15.8 Å². The summed E-state index contributed by atoms with van der Waals surface area (Å²) in [5.41, 5.74) is 6.55. The number of halogens is 1. The molecule has 0 fully saturated rings. The molecule has 0 spiro atoms. The summed E-state index contributed by atoms with van der Waals surface area (Å²) in [6.07, 6.45) is 0.716. The number of para-hydroxylation sites is 1. The molecule has 0 saturated carbocycles. The molecule has 1 amide bonds. The van der Waals surface area contributed by atoms with Crippen molar-refractivity contribution in [2.24, 2.45) is 0 Å². The molecular formula is C16H17ClN2O2. The van der Waals surface area contributed by atoms with E-state index in [4.69, 9.17) is 22.1 Å². The molecule has 21 heavy (non-hydrogen) atoms. The number of amides is 1. The Balaban J connectivity index is 1.72. The molecular weight excluding hydrogens is 288 g/mol. The minimum atomic E-state index is -0.209. The second-order valence-corrected chi connectivity index (χ2v) is 4.92. The lowest BCUT2D eigenvalue weighted by Gasteiger charge is -2.08. The number of carbonyl (C=O) groups excluding carboxylic acids is 1. The lowest BCUT2D eigenvalue weighted by Crippen LogP contribution is -2.25. The zero-order valence-electron chi connectivity index (χ0n) is 11.5. The maximum atomic E-state index is 11.9. The van der Waals surface area contributed by atoms with Crippen molar-refractivity contribution in [1.82, 2.24) is 5.32 Å². The second kappa shape index (κ2) is 7.55. The maximum absolute atomic E-state index is 11.9. The Morgan fingerprint density at radius 2 is 1.95 bits per heavy atom. The van der Waals surface area contributed by atoms with Crippen LogP contribution in [-0.4, -0.2) is 19.1 Å². The number of nitrogens with two attached hydrogens (primary N) is 1. The average molecular weight is 305 g/mol. The third-order valence-electron chi connectivity index (χ3n) is 2.86. The SMILES string of the molecule is Nc1ccc(C(=O)NCCCOc2ccccc2)c(Cl)c1. The number of ether oxygens (including phenoxy) is 1. The summed E-state index contributed by atoms with van der Waals surface area (Å²) in [5, 5.41) is 3.16. The van der Waals surface area contributed by atoms with Gasteiger partial charge in [0.2, 0.25) is 0 Å². The van der Waals surface area contributed by atoms with E-state index in [1.54, 1.807) is 18.2 Å². The van der Waals surface area contributed by atoms with E-state index in [1.165, 1.54) is 0 Å². The molecule has 3 N–H and O–H groups in total. The van der Waals surface area contributed by atoms with Crippen LogP contribution in [0.3, 0.4) is 0 Å². The van der Waals surface area contributed by atoms with Crippen LogP contribution in [-0.2, 0) is 0 Å². The summed E-state index contributed by atoms with van der Waals surface area (Å²) >= 11 is 5.98. The van der Waals surface area contributed by atoms with E-state index in [1.807, 2.05) is 30.3 Å². The molecule has 0 aliphatic carbocycles. The summed E-state index contributed by atoms with van der Waals surface area (Å²) in [7, 11) is 0. The van der Waals surface area contributed by atoms with Gasteiger partial charge in [0.1, 0.15) is 5.75 Å². The number of benzene rings is 2. The molecule has 0 bridgehead atoms. The molecule has 5 heteroatoms. The third kappa shape index (κ3) is 4.68. The molecule has 0 saturated heterocycles. The van der Waals surface area contributed by atoms with Crippen LogP contribution in [0.2, 0.25) is 5.02 Å². The number of carbonyl (C=O) groups is 1. The standard InChI is InChI=1S/C16H17ClN2O2/c17-15-11-12(18)7-8-14(15)16(20)19-9-4-10-21-13-5-2-1-3-6-13/h1-3,5-8,11H,4,9-10,18H2,(H,19,20). The number of hydrogen-bond donors (Lipinski definition) is 2. The van der Waals surface area contributed by atoms with Crippen molar-refractivity contribution in [3.63, 3.8) is 0 Å². The lowest BCUT2D eigenvalue weighted by atomic mass is 10.2. The van der Waals surface area contributed by atoms with Gasteiger partial charge in [-0.2, -0.15) is 0 Å². The van der Waals surface area contributed by atoms with Gasteiger partial charge in [-0.1, -0.05) is 29.8 Å².